The van der Waals surface area contributed by atoms with Gasteiger partial charge in [0.1, 0.15) is 0 Å². The zero-order valence-corrected chi connectivity index (χ0v) is 9.67. The summed E-state index contributed by atoms with van der Waals surface area (Å²) in [5, 5.41) is 3.54. The van der Waals surface area contributed by atoms with Crippen molar-refractivity contribution in [3.8, 4) is 0 Å². The van der Waals surface area contributed by atoms with Gasteiger partial charge in [0, 0.05) is 10.7 Å². The van der Waals surface area contributed by atoms with Crippen LogP contribution in [0.3, 0.4) is 0 Å². The van der Waals surface area contributed by atoms with Crippen molar-refractivity contribution >= 4 is 23.2 Å². The number of hydrogen-bond acceptors (Lipinski definition) is 2. The molecule has 1 aromatic rings. The van der Waals surface area contributed by atoms with Crippen molar-refractivity contribution < 1.29 is 9.53 Å². The maximum atomic E-state index is 11.8. The normalized spacial score (nSPS) is 31.1. The van der Waals surface area contributed by atoms with Crippen molar-refractivity contribution in [1.29, 1.82) is 0 Å². The molecule has 0 bridgehead atoms. The quantitative estimate of drug-likeness (QED) is 0.804. The van der Waals surface area contributed by atoms with Gasteiger partial charge in [-0.05, 0) is 37.1 Å². The van der Waals surface area contributed by atoms with Gasteiger partial charge in [0.15, 0.2) is 0 Å². The molecule has 16 heavy (non-hydrogen) atoms. The number of amides is 1. The topological polar surface area (TPSA) is 41.6 Å². The molecule has 2 unspecified atom stereocenters. The standard InChI is InChI=1S/C12H12ClNO2/c1-12(6-16-12)5-9-8-4-7(13)2-3-10(8)14-11(9)15/h2-4,9H,5-6H2,1H3,(H,14,15). The molecule has 1 saturated heterocycles. The van der Waals surface area contributed by atoms with Crippen molar-refractivity contribution in [2.75, 3.05) is 11.9 Å². The smallest absolute Gasteiger partial charge is 0.232 e. The summed E-state index contributed by atoms with van der Waals surface area (Å²) < 4.78 is 5.34. The summed E-state index contributed by atoms with van der Waals surface area (Å²) in [4.78, 5) is 11.8. The zero-order chi connectivity index (χ0) is 11.3. The second-order valence-electron chi connectivity index (χ2n) is 4.72. The molecular weight excluding hydrogens is 226 g/mol. The van der Waals surface area contributed by atoms with Crippen molar-refractivity contribution in [1.82, 2.24) is 0 Å². The predicted molar refractivity (Wildman–Crippen MR) is 61.8 cm³/mol. The van der Waals surface area contributed by atoms with E-state index in [4.69, 9.17) is 16.3 Å². The van der Waals surface area contributed by atoms with Crippen LogP contribution < -0.4 is 5.32 Å². The van der Waals surface area contributed by atoms with Gasteiger partial charge in [0.25, 0.3) is 0 Å². The Morgan fingerprint density at radius 1 is 1.62 bits per heavy atom. The Bertz CT molecular complexity index is 468. The third-order valence-electron chi connectivity index (χ3n) is 3.24. The van der Waals surface area contributed by atoms with E-state index < -0.39 is 0 Å². The molecule has 0 aliphatic carbocycles. The van der Waals surface area contributed by atoms with Crippen LogP contribution in [0, 0.1) is 0 Å². The van der Waals surface area contributed by atoms with Crippen LogP contribution in [-0.4, -0.2) is 18.1 Å². The van der Waals surface area contributed by atoms with E-state index in [1.54, 1.807) is 6.07 Å². The highest BCUT2D eigenvalue weighted by Gasteiger charge is 2.45. The average Bonchev–Trinajstić information content (AvgIpc) is 2.88. The maximum absolute atomic E-state index is 11.8. The van der Waals surface area contributed by atoms with E-state index in [1.165, 1.54) is 0 Å². The second-order valence-corrected chi connectivity index (χ2v) is 5.15. The zero-order valence-electron chi connectivity index (χ0n) is 8.92. The van der Waals surface area contributed by atoms with Crippen LogP contribution in [0.15, 0.2) is 18.2 Å². The fourth-order valence-electron chi connectivity index (χ4n) is 2.17. The molecule has 0 radical (unpaired) electrons. The number of carbonyl (C=O) groups is 1. The summed E-state index contributed by atoms with van der Waals surface area (Å²) in [6, 6.07) is 5.51. The van der Waals surface area contributed by atoms with E-state index in [2.05, 4.69) is 5.32 Å². The summed E-state index contributed by atoms with van der Waals surface area (Å²) in [5.74, 6) is -0.0739. The summed E-state index contributed by atoms with van der Waals surface area (Å²) in [7, 11) is 0. The minimum absolute atomic E-state index is 0.0500. The Kier molecular flexibility index (Phi) is 2.03. The Labute approximate surface area is 98.7 Å². The molecule has 0 aromatic heterocycles. The minimum Gasteiger partial charge on any atom is -0.370 e. The number of benzene rings is 1. The Balaban J connectivity index is 1.94. The van der Waals surface area contributed by atoms with Gasteiger partial charge in [-0.2, -0.15) is 0 Å². The van der Waals surface area contributed by atoms with E-state index in [9.17, 15) is 4.79 Å². The van der Waals surface area contributed by atoms with Gasteiger partial charge in [-0.1, -0.05) is 11.6 Å². The largest absolute Gasteiger partial charge is 0.370 e. The van der Waals surface area contributed by atoms with E-state index >= 15 is 0 Å². The molecule has 0 spiro atoms. The van der Waals surface area contributed by atoms with Crippen molar-refractivity contribution in [2.24, 2.45) is 0 Å². The fourth-order valence-corrected chi connectivity index (χ4v) is 2.35. The number of anilines is 1. The number of nitrogens with one attached hydrogen (secondary N) is 1. The lowest BCUT2D eigenvalue weighted by Gasteiger charge is -2.11. The lowest BCUT2D eigenvalue weighted by molar-refractivity contribution is -0.117. The van der Waals surface area contributed by atoms with Gasteiger partial charge in [-0.15, -0.1) is 0 Å². The molecule has 1 aromatic carbocycles. The number of carbonyl (C=O) groups excluding carboxylic acids is 1. The minimum atomic E-state index is -0.124. The molecule has 2 aliphatic heterocycles. The molecule has 1 N–H and O–H groups in total. The van der Waals surface area contributed by atoms with E-state index in [0.717, 1.165) is 24.3 Å². The molecule has 2 aliphatic rings. The Morgan fingerprint density at radius 3 is 3.06 bits per heavy atom. The Hall–Kier alpha value is -1.06. The molecule has 0 saturated carbocycles. The molecule has 1 amide bonds. The lowest BCUT2D eigenvalue weighted by Crippen LogP contribution is -2.18. The first-order valence-corrected chi connectivity index (χ1v) is 5.69. The van der Waals surface area contributed by atoms with Gasteiger partial charge in [0.2, 0.25) is 5.91 Å². The van der Waals surface area contributed by atoms with E-state index in [1.807, 2.05) is 19.1 Å². The molecule has 2 atom stereocenters. The second kappa shape index (κ2) is 3.22. The third kappa shape index (κ3) is 1.60. The van der Waals surface area contributed by atoms with Gasteiger partial charge < -0.3 is 10.1 Å². The van der Waals surface area contributed by atoms with E-state index in [0.29, 0.717) is 5.02 Å². The first-order chi connectivity index (χ1) is 7.57. The fraction of sp³-hybridized carbons (Fsp3) is 0.417. The van der Waals surface area contributed by atoms with Gasteiger partial charge >= 0.3 is 0 Å². The number of epoxide rings is 1. The number of rotatable bonds is 2. The van der Waals surface area contributed by atoms with Crippen LogP contribution in [-0.2, 0) is 9.53 Å². The predicted octanol–water partition coefficient (Wildman–Crippen LogP) is 2.55. The summed E-state index contributed by atoms with van der Waals surface area (Å²) in [5.41, 5.74) is 1.75. The summed E-state index contributed by atoms with van der Waals surface area (Å²) in [6.07, 6.45) is 0.728. The van der Waals surface area contributed by atoms with Crippen molar-refractivity contribution in [3.63, 3.8) is 0 Å². The molecule has 84 valence electrons. The van der Waals surface area contributed by atoms with Crippen LogP contribution in [0.5, 0.6) is 0 Å². The van der Waals surface area contributed by atoms with Gasteiger partial charge in [0.05, 0.1) is 18.1 Å². The van der Waals surface area contributed by atoms with Crippen LogP contribution in [0.1, 0.15) is 24.8 Å². The lowest BCUT2D eigenvalue weighted by atomic mass is 9.91. The third-order valence-corrected chi connectivity index (χ3v) is 3.47. The maximum Gasteiger partial charge on any atom is 0.232 e. The Morgan fingerprint density at radius 2 is 2.38 bits per heavy atom. The van der Waals surface area contributed by atoms with Gasteiger partial charge in [-0.25, -0.2) is 0 Å². The highest BCUT2D eigenvalue weighted by atomic mass is 35.5. The van der Waals surface area contributed by atoms with Gasteiger partial charge in [-0.3, -0.25) is 4.79 Å². The number of fused-ring (bicyclic) bond motifs is 1. The number of hydrogen-bond donors (Lipinski definition) is 1. The van der Waals surface area contributed by atoms with E-state index in [-0.39, 0.29) is 17.4 Å². The van der Waals surface area contributed by atoms with Crippen LogP contribution in [0.25, 0.3) is 0 Å². The molecule has 1 fully saturated rings. The van der Waals surface area contributed by atoms with Crippen molar-refractivity contribution in [2.45, 2.75) is 24.9 Å². The summed E-state index contributed by atoms with van der Waals surface area (Å²) in [6.45, 7) is 2.77. The number of halogens is 1. The average molecular weight is 238 g/mol. The van der Waals surface area contributed by atoms with Crippen LogP contribution in [0.4, 0.5) is 5.69 Å². The molecule has 4 heteroatoms. The highest BCUT2D eigenvalue weighted by Crippen LogP contribution is 2.43. The highest BCUT2D eigenvalue weighted by molar-refractivity contribution is 6.31. The monoisotopic (exact) mass is 237 g/mol. The SMILES string of the molecule is CC1(CC2C(=O)Nc3ccc(Cl)cc32)CO1. The summed E-state index contributed by atoms with van der Waals surface area (Å²) >= 11 is 5.95. The van der Waals surface area contributed by atoms with Crippen LogP contribution in [0.2, 0.25) is 5.02 Å². The molecule has 2 heterocycles. The van der Waals surface area contributed by atoms with Crippen LogP contribution >= 0.6 is 11.6 Å². The van der Waals surface area contributed by atoms with Crippen molar-refractivity contribution in [3.05, 3.63) is 28.8 Å². The first-order valence-electron chi connectivity index (χ1n) is 5.32. The number of ether oxygens (including phenoxy) is 1. The molecular formula is C12H12ClNO2. The molecule has 3 nitrogen and oxygen atoms in total. The first kappa shape index (κ1) is 10.1. The molecule has 3 rings (SSSR count).